The lowest BCUT2D eigenvalue weighted by molar-refractivity contribution is -0.129. The molecule has 0 bridgehead atoms. The number of aliphatic hydroxyl groups is 2. The molecule has 7 aliphatic rings. The second kappa shape index (κ2) is 18.8. The van der Waals surface area contributed by atoms with Gasteiger partial charge < -0.3 is 10.2 Å². The number of hydrogen-bond acceptors (Lipinski definition) is 2. The van der Waals surface area contributed by atoms with Gasteiger partial charge in [-0.3, -0.25) is 0 Å². The second-order valence-corrected chi connectivity index (χ2v) is 23.4. The average Bonchev–Trinajstić information content (AvgIpc) is 3.69. The number of allylic oxidation sites excluding steroid dienone is 4. The molecular formula is C54H92O2. The Balaban J connectivity index is 0.000000190. The van der Waals surface area contributed by atoms with Crippen LogP contribution in [0.25, 0.3) is 0 Å². The van der Waals surface area contributed by atoms with Gasteiger partial charge in [0.25, 0.3) is 0 Å². The van der Waals surface area contributed by atoms with E-state index in [0.717, 1.165) is 97.2 Å². The van der Waals surface area contributed by atoms with Crippen LogP contribution in [0, 0.1) is 81.3 Å². The van der Waals surface area contributed by atoms with Crippen LogP contribution >= 0.6 is 0 Å². The summed E-state index contributed by atoms with van der Waals surface area (Å²) >= 11 is 0. The van der Waals surface area contributed by atoms with E-state index in [-0.39, 0.29) is 12.2 Å². The van der Waals surface area contributed by atoms with E-state index in [9.17, 15) is 10.2 Å². The van der Waals surface area contributed by atoms with Crippen molar-refractivity contribution in [3.05, 3.63) is 35.5 Å². The number of hydrogen-bond donors (Lipinski definition) is 2. The van der Waals surface area contributed by atoms with Gasteiger partial charge in [-0.2, -0.15) is 0 Å². The van der Waals surface area contributed by atoms with Gasteiger partial charge in [-0.15, -0.1) is 0 Å². The molecule has 7 fully saturated rings. The van der Waals surface area contributed by atoms with Crippen LogP contribution in [0.3, 0.4) is 0 Å². The lowest BCUT2D eigenvalue weighted by atomic mass is 9.44. The molecule has 7 aliphatic carbocycles. The van der Waals surface area contributed by atoms with Crippen molar-refractivity contribution in [3.63, 3.8) is 0 Å². The fourth-order valence-electron chi connectivity index (χ4n) is 15.9. The van der Waals surface area contributed by atoms with Crippen molar-refractivity contribution in [2.75, 3.05) is 0 Å². The zero-order chi connectivity index (χ0) is 40.4. The Labute approximate surface area is 348 Å². The maximum atomic E-state index is 10.3. The van der Waals surface area contributed by atoms with E-state index in [4.69, 9.17) is 0 Å². The average molecular weight is 773 g/mol. The van der Waals surface area contributed by atoms with Gasteiger partial charge in [0, 0.05) is 0 Å². The van der Waals surface area contributed by atoms with Crippen LogP contribution in [-0.4, -0.2) is 22.4 Å². The van der Waals surface area contributed by atoms with Gasteiger partial charge >= 0.3 is 0 Å². The summed E-state index contributed by atoms with van der Waals surface area (Å²) in [5, 5.41) is 20.3. The van der Waals surface area contributed by atoms with Gasteiger partial charge in [0.05, 0.1) is 12.2 Å². The Bertz CT molecular complexity index is 1350. The molecule has 0 spiro atoms. The van der Waals surface area contributed by atoms with E-state index >= 15 is 0 Å². The number of rotatable bonds is 11. The zero-order valence-corrected chi connectivity index (χ0v) is 38.5. The molecule has 320 valence electrons. The minimum absolute atomic E-state index is 0.00830. The smallest absolute Gasteiger partial charge is 0.0583 e. The predicted molar refractivity (Wildman–Crippen MR) is 240 cm³/mol. The summed E-state index contributed by atoms with van der Waals surface area (Å²) in [7, 11) is 0. The van der Waals surface area contributed by atoms with Gasteiger partial charge in [-0.1, -0.05) is 131 Å². The Kier molecular flexibility index (Phi) is 15.0. The summed E-state index contributed by atoms with van der Waals surface area (Å²) in [6, 6.07) is 0. The topological polar surface area (TPSA) is 40.5 Å². The molecule has 56 heavy (non-hydrogen) atoms. The van der Waals surface area contributed by atoms with Crippen LogP contribution in [0.4, 0.5) is 0 Å². The highest BCUT2D eigenvalue weighted by Crippen LogP contribution is 2.68. The Morgan fingerprint density at radius 1 is 0.625 bits per heavy atom. The summed E-state index contributed by atoms with van der Waals surface area (Å²) in [5.41, 5.74) is 5.87. The highest BCUT2D eigenvalue weighted by atomic mass is 16.3. The normalized spacial score (nSPS) is 43.5. The van der Waals surface area contributed by atoms with Crippen molar-refractivity contribution in [1.82, 2.24) is 0 Å². The third-order valence-electron chi connectivity index (χ3n) is 19.2. The van der Waals surface area contributed by atoms with E-state index in [2.05, 4.69) is 81.0 Å². The molecule has 0 aromatic carbocycles. The minimum atomic E-state index is -0.172. The monoisotopic (exact) mass is 773 g/mol. The predicted octanol–water partition coefficient (Wildman–Crippen LogP) is 15.1. The minimum Gasteiger partial charge on any atom is -0.393 e. The summed E-state index contributed by atoms with van der Waals surface area (Å²) in [5.74, 6) is 9.86. The molecular weight excluding hydrogens is 681 g/mol. The van der Waals surface area contributed by atoms with Crippen molar-refractivity contribution in [1.29, 1.82) is 0 Å². The molecule has 7 rings (SSSR count). The molecule has 0 aromatic rings. The van der Waals surface area contributed by atoms with Crippen molar-refractivity contribution in [3.8, 4) is 0 Å². The summed E-state index contributed by atoms with van der Waals surface area (Å²) in [4.78, 5) is 0. The van der Waals surface area contributed by atoms with E-state index in [0.29, 0.717) is 16.2 Å². The van der Waals surface area contributed by atoms with E-state index < -0.39 is 0 Å². The van der Waals surface area contributed by atoms with Crippen molar-refractivity contribution >= 4 is 0 Å². The van der Waals surface area contributed by atoms with Crippen molar-refractivity contribution in [2.24, 2.45) is 81.3 Å². The first-order chi connectivity index (χ1) is 26.6. The molecule has 0 amide bonds. The lowest BCUT2D eigenvalue weighted by Gasteiger charge is -2.61. The molecule has 2 heteroatoms. The summed E-state index contributed by atoms with van der Waals surface area (Å²) in [6.07, 6.45) is 34.8. The van der Waals surface area contributed by atoms with Crippen molar-refractivity contribution in [2.45, 2.75) is 222 Å². The van der Waals surface area contributed by atoms with Gasteiger partial charge in [-0.05, 0) is 196 Å². The Morgan fingerprint density at radius 2 is 1.25 bits per heavy atom. The first-order valence-electron chi connectivity index (χ1n) is 25.0. The van der Waals surface area contributed by atoms with E-state index in [1.807, 2.05) is 0 Å². The maximum absolute atomic E-state index is 10.3. The number of aliphatic hydroxyl groups excluding tert-OH is 2. The molecule has 14 atom stereocenters. The van der Waals surface area contributed by atoms with Gasteiger partial charge in [-0.25, -0.2) is 0 Å². The largest absolute Gasteiger partial charge is 0.393 e. The first kappa shape index (κ1) is 44.7. The van der Waals surface area contributed by atoms with E-state index in [1.54, 1.807) is 5.57 Å². The lowest BCUT2D eigenvalue weighted by Crippen LogP contribution is -2.54. The SMILES string of the molecule is C=C1CC[C@H](O)C/C1=C/C=C1/CCC[C@]2(C)[C@@H]([C@H](C)CCCC(C)C)CC[C@@H]12.CC(C)CCC[C@@H](C)[C@H]1CC[C@H]2[C@@H]3CC[C@H]4C[C@@H](O)CC[C@]4(C)[C@H]3CC[C@]12C. The third kappa shape index (κ3) is 9.53. The molecule has 2 N–H and O–H groups in total. The maximum Gasteiger partial charge on any atom is 0.0583 e. The van der Waals surface area contributed by atoms with Crippen LogP contribution in [0.2, 0.25) is 0 Å². The standard InChI is InChI=1S/C27H48O.C27H44O/c1-18(2)7-6-8-19(3)23-11-12-24-22-10-9-20-17-21(28)13-15-26(20,4)25(22)14-16-27(23,24)5;1-19(2)8-6-9-21(4)25-15-16-26-22(10-7-17-27(25,26)5)12-13-23-18-24(28)14-11-20(23)3/h18-25,28H,6-17H2,1-5H3;12-13,19,21,24-26,28H,3,6-11,14-18H2,1-2,4-5H3/b;22-12-,23-13-/t19-,20+,21+,22+,23-,24+,25+,26+,27-;21-,24+,25-,26+,27-/m11/s1. The van der Waals surface area contributed by atoms with Crippen LogP contribution in [0.5, 0.6) is 0 Å². The molecule has 0 saturated heterocycles. The van der Waals surface area contributed by atoms with Gasteiger partial charge in [0.15, 0.2) is 0 Å². The molecule has 0 heterocycles. The van der Waals surface area contributed by atoms with Gasteiger partial charge in [0.1, 0.15) is 0 Å². The zero-order valence-electron chi connectivity index (χ0n) is 38.5. The van der Waals surface area contributed by atoms with Crippen LogP contribution in [0.1, 0.15) is 210 Å². The highest BCUT2D eigenvalue weighted by Gasteiger charge is 2.60. The highest BCUT2D eigenvalue weighted by molar-refractivity contribution is 5.36. The Hall–Kier alpha value is -0.860. The van der Waals surface area contributed by atoms with Crippen molar-refractivity contribution < 1.29 is 10.2 Å². The molecule has 0 aromatic heterocycles. The third-order valence-corrected chi connectivity index (χ3v) is 19.2. The van der Waals surface area contributed by atoms with Crippen LogP contribution < -0.4 is 0 Å². The molecule has 2 nitrogen and oxygen atoms in total. The number of fused-ring (bicyclic) bond motifs is 6. The summed E-state index contributed by atoms with van der Waals surface area (Å²) < 4.78 is 0. The quantitative estimate of drug-likeness (QED) is 0.220. The summed E-state index contributed by atoms with van der Waals surface area (Å²) in [6.45, 7) is 26.8. The second-order valence-electron chi connectivity index (χ2n) is 23.4. The molecule has 0 unspecified atom stereocenters. The first-order valence-corrected chi connectivity index (χ1v) is 25.0. The van der Waals surface area contributed by atoms with Crippen LogP contribution in [0.15, 0.2) is 35.5 Å². The van der Waals surface area contributed by atoms with Crippen LogP contribution in [-0.2, 0) is 0 Å². The molecule has 7 saturated carbocycles. The van der Waals surface area contributed by atoms with E-state index in [1.165, 1.54) is 127 Å². The Morgan fingerprint density at radius 3 is 1.93 bits per heavy atom. The molecule has 0 aliphatic heterocycles. The van der Waals surface area contributed by atoms with Gasteiger partial charge in [0.2, 0.25) is 0 Å². The fourth-order valence-corrected chi connectivity index (χ4v) is 15.9. The molecule has 0 radical (unpaired) electrons. The fraction of sp³-hybridized carbons (Fsp3) is 0.889.